The fourth-order valence-corrected chi connectivity index (χ4v) is 3.89. The molecular formula is C24H29N9O5. The first-order valence-corrected chi connectivity index (χ1v) is 12.3. The zero-order valence-corrected chi connectivity index (χ0v) is 21.0. The van der Waals surface area contributed by atoms with Gasteiger partial charge >= 0.3 is 6.09 Å². The first-order valence-electron chi connectivity index (χ1n) is 12.3. The van der Waals surface area contributed by atoms with Gasteiger partial charge in [-0.25, -0.2) is 24.7 Å². The second kappa shape index (κ2) is 10.7. The van der Waals surface area contributed by atoms with E-state index in [1.54, 1.807) is 32.4 Å². The molecule has 0 radical (unpaired) electrons. The summed E-state index contributed by atoms with van der Waals surface area (Å²) in [6.45, 7) is 3.76. The molecule has 0 spiro atoms. The molecule has 1 saturated heterocycles. The van der Waals surface area contributed by atoms with Crippen LogP contribution < -0.4 is 20.7 Å². The minimum Gasteiger partial charge on any atom is -0.389 e. The van der Waals surface area contributed by atoms with E-state index in [0.717, 1.165) is 18.5 Å². The lowest BCUT2D eigenvalue weighted by atomic mass is 9.91. The molecule has 14 heteroatoms. The van der Waals surface area contributed by atoms with E-state index in [9.17, 15) is 14.7 Å². The topological polar surface area (TPSA) is 189 Å². The summed E-state index contributed by atoms with van der Waals surface area (Å²) in [7, 11) is 0. The summed E-state index contributed by atoms with van der Waals surface area (Å²) in [4.78, 5) is 42.8. The molecule has 5 N–H and O–H groups in total. The molecule has 200 valence electrons. The Bertz CT molecular complexity index is 1290. The first kappa shape index (κ1) is 25.5. The normalized spacial score (nSPS) is 17.7. The molecule has 4 heterocycles. The van der Waals surface area contributed by atoms with E-state index in [2.05, 4.69) is 46.1 Å². The number of aromatic nitrogens is 6. The molecule has 38 heavy (non-hydrogen) atoms. The lowest BCUT2D eigenvalue weighted by Crippen LogP contribution is -2.46. The largest absolute Gasteiger partial charge is 0.418 e. The molecule has 1 aliphatic heterocycles. The van der Waals surface area contributed by atoms with Crippen LogP contribution in [0.3, 0.4) is 0 Å². The van der Waals surface area contributed by atoms with E-state index in [0.29, 0.717) is 24.4 Å². The van der Waals surface area contributed by atoms with Crippen LogP contribution >= 0.6 is 0 Å². The summed E-state index contributed by atoms with van der Waals surface area (Å²) in [6, 6.07) is 0. The maximum atomic E-state index is 13.0. The number of rotatable bonds is 10. The maximum Gasteiger partial charge on any atom is 0.418 e. The standard InChI is InChI=1S/C24H29N9O5/c1-24(2,36)11-28-21(34)18(17-5-6-37-17)19-16(10-29-33-19)32-23(35)38-22-20(30-14-7-25-12-26-8-14)27-9-15(31-22)13-3-4-13/h7-10,12-13,17-18,36H,3-6,11H2,1-2H3,(H,27,30)(H,28,34)(H,29,33)(H,32,35). The van der Waals surface area contributed by atoms with Gasteiger partial charge in [-0.15, -0.1) is 0 Å². The van der Waals surface area contributed by atoms with Crippen molar-refractivity contribution in [2.45, 2.75) is 56.7 Å². The van der Waals surface area contributed by atoms with Gasteiger partial charge in [0.05, 0.1) is 59.3 Å². The van der Waals surface area contributed by atoms with Crippen LogP contribution in [0.25, 0.3) is 0 Å². The number of amides is 2. The summed E-state index contributed by atoms with van der Waals surface area (Å²) in [6.07, 6.45) is 8.95. The number of hydrogen-bond acceptors (Lipinski definition) is 11. The third-order valence-electron chi connectivity index (χ3n) is 6.07. The zero-order valence-electron chi connectivity index (χ0n) is 21.0. The highest BCUT2D eigenvalue weighted by atomic mass is 16.6. The SMILES string of the molecule is CC(C)(O)CNC(=O)C(c1[nH]ncc1NC(=O)Oc1nc(C2CC2)cnc1Nc1cncnc1)C1CCO1. The van der Waals surface area contributed by atoms with Crippen LogP contribution in [-0.2, 0) is 9.53 Å². The molecule has 2 aliphatic rings. The van der Waals surface area contributed by atoms with Gasteiger partial charge in [0.1, 0.15) is 12.2 Å². The summed E-state index contributed by atoms with van der Waals surface area (Å²) in [5.41, 5.74) is 0.803. The monoisotopic (exact) mass is 523 g/mol. The fraction of sp³-hybridized carbons (Fsp3) is 0.458. The van der Waals surface area contributed by atoms with Gasteiger partial charge in [-0.3, -0.25) is 15.2 Å². The summed E-state index contributed by atoms with van der Waals surface area (Å²) in [5.74, 6) is -0.650. The van der Waals surface area contributed by atoms with Gasteiger partial charge in [0.15, 0.2) is 5.82 Å². The highest BCUT2D eigenvalue weighted by molar-refractivity contribution is 5.91. The highest BCUT2D eigenvalue weighted by Gasteiger charge is 2.38. The van der Waals surface area contributed by atoms with Crippen LogP contribution in [0.1, 0.15) is 56.3 Å². The van der Waals surface area contributed by atoms with Crippen molar-refractivity contribution in [2.24, 2.45) is 0 Å². The first-order chi connectivity index (χ1) is 18.3. The lowest BCUT2D eigenvalue weighted by Gasteiger charge is -2.33. The van der Waals surface area contributed by atoms with Crippen molar-refractivity contribution in [3.8, 4) is 5.88 Å². The molecule has 5 rings (SSSR count). The Morgan fingerprint density at radius 2 is 1.97 bits per heavy atom. The number of ether oxygens (including phenoxy) is 2. The molecule has 1 saturated carbocycles. The van der Waals surface area contributed by atoms with Gasteiger partial charge in [-0.2, -0.15) is 5.10 Å². The van der Waals surface area contributed by atoms with Gasteiger partial charge in [0.2, 0.25) is 5.91 Å². The quantitative estimate of drug-likeness (QED) is 0.261. The Morgan fingerprint density at radius 1 is 1.21 bits per heavy atom. The van der Waals surface area contributed by atoms with Gasteiger partial charge < -0.3 is 25.2 Å². The zero-order chi connectivity index (χ0) is 26.7. The molecule has 0 bridgehead atoms. The van der Waals surface area contributed by atoms with E-state index < -0.39 is 23.7 Å². The summed E-state index contributed by atoms with van der Waals surface area (Å²) < 4.78 is 11.2. The van der Waals surface area contributed by atoms with Gasteiger partial charge in [-0.05, 0) is 33.1 Å². The summed E-state index contributed by atoms with van der Waals surface area (Å²) in [5, 5.41) is 25.2. The van der Waals surface area contributed by atoms with E-state index in [1.165, 1.54) is 12.5 Å². The minimum atomic E-state index is -1.09. The van der Waals surface area contributed by atoms with Crippen LogP contribution in [0.4, 0.5) is 22.0 Å². The number of carbonyl (C=O) groups is 2. The molecule has 0 aromatic carbocycles. The Labute approximate surface area is 218 Å². The van der Waals surface area contributed by atoms with Crippen LogP contribution in [0.15, 0.2) is 31.1 Å². The number of nitrogens with zero attached hydrogens (tertiary/aromatic N) is 5. The molecule has 3 aromatic rings. The number of nitrogens with one attached hydrogen (secondary N) is 4. The van der Waals surface area contributed by atoms with Gasteiger partial charge in [0.25, 0.3) is 5.88 Å². The van der Waals surface area contributed by atoms with Crippen LogP contribution in [0.2, 0.25) is 0 Å². The molecule has 2 unspecified atom stereocenters. The Balaban J connectivity index is 1.33. The second-order valence-electron chi connectivity index (χ2n) is 9.89. The molecule has 2 atom stereocenters. The predicted molar refractivity (Wildman–Crippen MR) is 134 cm³/mol. The summed E-state index contributed by atoms with van der Waals surface area (Å²) >= 11 is 0. The highest BCUT2D eigenvalue weighted by Crippen LogP contribution is 2.40. The van der Waals surface area contributed by atoms with Crippen molar-refractivity contribution in [3.63, 3.8) is 0 Å². The van der Waals surface area contributed by atoms with Crippen molar-refractivity contribution < 1.29 is 24.2 Å². The van der Waals surface area contributed by atoms with Crippen LogP contribution in [-0.4, -0.2) is 72.1 Å². The van der Waals surface area contributed by atoms with Crippen molar-refractivity contribution in [1.29, 1.82) is 0 Å². The van der Waals surface area contributed by atoms with Crippen molar-refractivity contribution in [3.05, 3.63) is 42.5 Å². The molecular weight excluding hydrogens is 494 g/mol. The number of aromatic amines is 1. The Kier molecular flexibility index (Phi) is 7.15. The van der Waals surface area contributed by atoms with E-state index in [1.807, 2.05) is 0 Å². The second-order valence-corrected chi connectivity index (χ2v) is 9.89. The van der Waals surface area contributed by atoms with E-state index >= 15 is 0 Å². The van der Waals surface area contributed by atoms with Gasteiger partial charge in [0, 0.05) is 19.1 Å². The fourth-order valence-electron chi connectivity index (χ4n) is 3.89. The van der Waals surface area contributed by atoms with Gasteiger partial charge in [-0.1, -0.05) is 0 Å². The molecule has 2 fully saturated rings. The molecule has 14 nitrogen and oxygen atoms in total. The third kappa shape index (κ3) is 6.20. The van der Waals surface area contributed by atoms with Crippen molar-refractivity contribution >= 4 is 29.2 Å². The van der Waals surface area contributed by atoms with Crippen LogP contribution in [0, 0.1) is 0 Å². The predicted octanol–water partition coefficient (Wildman–Crippen LogP) is 1.98. The van der Waals surface area contributed by atoms with Crippen molar-refractivity contribution in [1.82, 2.24) is 35.5 Å². The molecule has 2 amide bonds. The minimum absolute atomic E-state index is 0.0115. The molecule has 3 aromatic heterocycles. The number of H-pyrrole nitrogens is 1. The number of hydrogen-bond donors (Lipinski definition) is 5. The smallest absolute Gasteiger partial charge is 0.389 e. The average molecular weight is 524 g/mol. The lowest BCUT2D eigenvalue weighted by molar-refractivity contribution is -0.134. The van der Waals surface area contributed by atoms with Crippen LogP contribution in [0.5, 0.6) is 5.88 Å². The van der Waals surface area contributed by atoms with Crippen molar-refractivity contribution in [2.75, 3.05) is 23.8 Å². The molecule has 1 aliphatic carbocycles. The Hall–Kier alpha value is -4.17. The maximum absolute atomic E-state index is 13.0. The number of aliphatic hydroxyl groups is 1. The Morgan fingerprint density at radius 3 is 2.63 bits per heavy atom. The third-order valence-corrected chi connectivity index (χ3v) is 6.07. The number of carbonyl (C=O) groups excluding carboxylic acids is 2. The van der Waals surface area contributed by atoms with E-state index in [4.69, 9.17) is 9.47 Å². The average Bonchev–Trinajstić information content (AvgIpc) is 3.61. The van der Waals surface area contributed by atoms with E-state index in [-0.39, 0.29) is 35.8 Å². The number of anilines is 3.